The summed E-state index contributed by atoms with van der Waals surface area (Å²) in [6.07, 6.45) is 2.27. The van der Waals surface area contributed by atoms with E-state index in [1.807, 2.05) is 13.8 Å². The molecule has 1 aliphatic rings. The van der Waals surface area contributed by atoms with Crippen LogP contribution in [0.1, 0.15) is 32.3 Å². The van der Waals surface area contributed by atoms with E-state index < -0.39 is 0 Å². The van der Waals surface area contributed by atoms with Crippen molar-refractivity contribution in [1.29, 1.82) is 0 Å². The molecule has 0 amide bonds. The van der Waals surface area contributed by atoms with E-state index in [0.29, 0.717) is 11.3 Å². The van der Waals surface area contributed by atoms with Crippen LogP contribution < -0.4 is 5.73 Å². The van der Waals surface area contributed by atoms with Crippen LogP contribution >= 0.6 is 0 Å². The highest BCUT2D eigenvalue weighted by Gasteiger charge is 2.25. The molecule has 1 saturated heterocycles. The fourth-order valence-corrected chi connectivity index (χ4v) is 2.37. The maximum absolute atomic E-state index is 13.6. The van der Waals surface area contributed by atoms with Gasteiger partial charge in [0.05, 0.1) is 24.9 Å². The van der Waals surface area contributed by atoms with Gasteiger partial charge in [0.2, 0.25) is 0 Å². The first-order chi connectivity index (χ1) is 8.54. The molecule has 0 aromatic heterocycles. The summed E-state index contributed by atoms with van der Waals surface area (Å²) in [5.74, 6) is -0.303. The Morgan fingerprint density at radius 1 is 1.33 bits per heavy atom. The summed E-state index contributed by atoms with van der Waals surface area (Å²) in [6, 6.07) is 4.70. The van der Waals surface area contributed by atoms with Gasteiger partial charge in [-0.2, -0.15) is 0 Å². The quantitative estimate of drug-likeness (QED) is 0.842. The van der Waals surface area contributed by atoms with Crippen LogP contribution in [0.5, 0.6) is 0 Å². The second-order valence-corrected chi connectivity index (χ2v) is 5.01. The van der Waals surface area contributed by atoms with Crippen molar-refractivity contribution in [3.8, 4) is 0 Å². The monoisotopic (exact) mass is 253 g/mol. The first kappa shape index (κ1) is 13.3. The molecule has 0 saturated carbocycles. The highest BCUT2D eigenvalue weighted by atomic mass is 19.1. The molecule has 2 unspecified atom stereocenters. The Morgan fingerprint density at radius 2 is 2.00 bits per heavy atom. The zero-order valence-corrected chi connectivity index (χ0v) is 10.9. The molecule has 0 spiro atoms. The predicted octanol–water partition coefficient (Wildman–Crippen LogP) is 2.88. The number of ether oxygens (including phenoxy) is 2. The Kier molecular flexibility index (Phi) is 4.19. The molecule has 0 radical (unpaired) electrons. The number of halogens is 1. The molecule has 0 aliphatic carbocycles. The Labute approximate surface area is 107 Å². The van der Waals surface area contributed by atoms with Crippen LogP contribution in [-0.2, 0) is 16.1 Å². The normalized spacial score (nSPS) is 28.3. The lowest BCUT2D eigenvalue weighted by Crippen LogP contribution is -2.34. The molecule has 2 rings (SSSR count). The molecule has 2 atom stereocenters. The third kappa shape index (κ3) is 3.43. The maximum atomic E-state index is 13.6. The number of benzene rings is 1. The summed E-state index contributed by atoms with van der Waals surface area (Å²) in [5, 5.41) is 0. The molecule has 1 fully saturated rings. The van der Waals surface area contributed by atoms with E-state index in [9.17, 15) is 4.39 Å². The Balaban J connectivity index is 1.91. The van der Waals surface area contributed by atoms with Crippen molar-refractivity contribution in [2.45, 2.75) is 51.6 Å². The summed E-state index contributed by atoms with van der Waals surface area (Å²) in [5.41, 5.74) is 6.49. The minimum Gasteiger partial charge on any atom is -0.399 e. The van der Waals surface area contributed by atoms with Crippen molar-refractivity contribution in [1.82, 2.24) is 0 Å². The molecule has 18 heavy (non-hydrogen) atoms. The lowest BCUT2D eigenvalue weighted by molar-refractivity contribution is -0.106. The molecular weight excluding hydrogens is 233 g/mol. The zero-order valence-electron chi connectivity index (χ0n) is 10.9. The van der Waals surface area contributed by atoms with E-state index in [-0.39, 0.29) is 30.7 Å². The topological polar surface area (TPSA) is 44.5 Å². The minimum absolute atomic E-state index is 0.140. The average Bonchev–Trinajstić information content (AvgIpc) is 2.26. The Hall–Kier alpha value is -1.13. The van der Waals surface area contributed by atoms with Gasteiger partial charge in [-0.3, -0.25) is 0 Å². The third-order valence-electron chi connectivity index (χ3n) is 3.21. The predicted molar refractivity (Wildman–Crippen MR) is 68.6 cm³/mol. The number of hydrogen-bond acceptors (Lipinski definition) is 3. The second kappa shape index (κ2) is 5.67. The van der Waals surface area contributed by atoms with Crippen molar-refractivity contribution in [2.75, 3.05) is 5.73 Å². The lowest BCUT2D eigenvalue weighted by Gasteiger charge is -2.32. The smallest absolute Gasteiger partial charge is 0.130 e. The van der Waals surface area contributed by atoms with Gasteiger partial charge in [0.15, 0.2) is 0 Å². The van der Waals surface area contributed by atoms with Crippen LogP contribution in [0.25, 0.3) is 0 Å². The number of nitrogen functional groups attached to an aromatic ring is 1. The molecule has 3 nitrogen and oxygen atoms in total. The van der Waals surface area contributed by atoms with Crippen LogP contribution in [0, 0.1) is 5.82 Å². The van der Waals surface area contributed by atoms with Crippen LogP contribution in [-0.4, -0.2) is 18.3 Å². The SMILES string of the molecule is CC1CC(OCc2ccc(N)cc2F)CC(C)O1. The van der Waals surface area contributed by atoms with Gasteiger partial charge >= 0.3 is 0 Å². The average molecular weight is 253 g/mol. The van der Waals surface area contributed by atoms with Gasteiger partial charge in [-0.1, -0.05) is 6.07 Å². The van der Waals surface area contributed by atoms with Crippen molar-refractivity contribution in [3.63, 3.8) is 0 Å². The first-order valence-corrected chi connectivity index (χ1v) is 6.35. The van der Waals surface area contributed by atoms with Gasteiger partial charge in [-0.15, -0.1) is 0 Å². The third-order valence-corrected chi connectivity index (χ3v) is 3.21. The van der Waals surface area contributed by atoms with Crippen molar-refractivity contribution in [3.05, 3.63) is 29.6 Å². The van der Waals surface area contributed by atoms with Crippen LogP contribution in [0.2, 0.25) is 0 Å². The van der Waals surface area contributed by atoms with Gasteiger partial charge < -0.3 is 15.2 Å². The van der Waals surface area contributed by atoms with Gasteiger partial charge in [0, 0.05) is 11.3 Å². The highest BCUT2D eigenvalue weighted by Crippen LogP contribution is 2.23. The van der Waals surface area contributed by atoms with Gasteiger partial charge in [0.25, 0.3) is 0 Å². The Bertz CT molecular complexity index is 401. The maximum Gasteiger partial charge on any atom is 0.130 e. The lowest BCUT2D eigenvalue weighted by atomic mass is 10.0. The van der Waals surface area contributed by atoms with E-state index in [1.54, 1.807) is 12.1 Å². The summed E-state index contributed by atoms with van der Waals surface area (Å²) >= 11 is 0. The molecule has 1 aromatic carbocycles. The fraction of sp³-hybridized carbons (Fsp3) is 0.571. The van der Waals surface area contributed by atoms with Crippen LogP contribution in [0.15, 0.2) is 18.2 Å². The molecule has 1 aliphatic heterocycles. The van der Waals surface area contributed by atoms with Crippen LogP contribution in [0.4, 0.5) is 10.1 Å². The van der Waals surface area contributed by atoms with Gasteiger partial charge in [-0.05, 0) is 38.8 Å². The summed E-state index contributed by atoms with van der Waals surface area (Å²) in [7, 11) is 0. The first-order valence-electron chi connectivity index (χ1n) is 6.35. The van der Waals surface area contributed by atoms with E-state index in [0.717, 1.165) is 12.8 Å². The minimum atomic E-state index is -0.303. The number of nitrogens with two attached hydrogens (primary N) is 1. The van der Waals surface area contributed by atoms with E-state index in [2.05, 4.69) is 0 Å². The molecule has 1 aromatic rings. The molecule has 2 N–H and O–H groups in total. The summed E-state index contributed by atoms with van der Waals surface area (Å²) in [6.45, 7) is 4.36. The Morgan fingerprint density at radius 3 is 2.61 bits per heavy atom. The number of hydrogen-bond donors (Lipinski definition) is 1. The molecule has 0 bridgehead atoms. The van der Waals surface area contributed by atoms with E-state index in [4.69, 9.17) is 15.2 Å². The van der Waals surface area contributed by atoms with Crippen molar-refractivity contribution < 1.29 is 13.9 Å². The van der Waals surface area contributed by atoms with Crippen molar-refractivity contribution >= 4 is 5.69 Å². The number of rotatable bonds is 3. The molecular formula is C14H20FNO2. The standard InChI is InChI=1S/C14H20FNO2/c1-9-5-13(6-10(2)18-9)17-8-11-3-4-12(16)7-14(11)15/h3-4,7,9-10,13H,5-6,8,16H2,1-2H3. The summed E-state index contributed by atoms with van der Waals surface area (Å²) in [4.78, 5) is 0. The molecule has 100 valence electrons. The molecule has 4 heteroatoms. The largest absolute Gasteiger partial charge is 0.399 e. The van der Waals surface area contributed by atoms with Gasteiger partial charge in [0.1, 0.15) is 5.82 Å². The molecule has 1 heterocycles. The number of anilines is 1. The van der Waals surface area contributed by atoms with Crippen molar-refractivity contribution in [2.24, 2.45) is 0 Å². The van der Waals surface area contributed by atoms with E-state index >= 15 is 0 Å². The zero-order chi connectivity index (χ0) is 13.1. The van der Waals surface area contributed by atoms with Crippen LogP contribution in [0.3, 0.4) is 0 Å². The van der Waals surface area contributed by atoms with Gasteiger partial charge in [-0.25, -0.2) is 4.39 Å². The fourth-order valence-electron chi connectivity index (χ4n) is 2.37. The van der Waals surface area contributed by atoms with E-state index in [1.165, 1.54) is 6.07 Å². The highest BCUT2D eigenvalue weighted by molar-refractivity contribution is 5.40. The summed E-state index contributed by atoms with van der Waals surface area (Å²) < 4.78 is 25.0. The second-order valence-electron chi connectivity index (χ2n) is 5.01.